The molecule has 68 valence electrons. The Morgan fingerprint density at radius 2 is 2.07 bits per heavy atom. The summed E-state index contributed by atoms with van der Waals surface area (Å²) in [5.74, 6) is 0. The Morgan fingerprint density at radius 3 is 2.50 bits per heavy atom. The van der Waals surface area contributed by atoms with Crippen molar-refractivity contribution in [2.24, 2.45) is 5.73 Å². The maximum absolute atomic E-state index is 6.25. The van der Waals surface area contributed by atoms with E-state index in [0.29, 0.717) is 5.11 Å². The number of nitrogens with one attached hydrogen (secondary N) is 1. The molecule has 1 aromatic carbocycles. The summed E-state index contributed by atoms with van der Waals surface area (Å²) in [5.41, 5.74) is 7.42. The van der Waals surface area contributed by atoms with E-state index in [9.17, 15) is 0 Å². The summed E-state index contributed by atoms with van der Waals surface area (Å²) in [6, 6.07) is 7.88. The van der Waals surface area contributed by atoms with Gasteiger partial charge in [0.05, 0.1) is 0 Å². The molecule has 0 aliphatic rings. The minimum Gasteiger partial charge on any atom is -0.512 e. The predicted molar refractivity (Wildman–Crippen MR) is 56.6 cm³/mol. The molecule has 0 saturated heterocycles. The van der Waals surface area contributed by atoms with E-state index in [-0.39, 0.29) is 29.6 Å². The van der Waals surface area contributed by atoms with Crippen molar-refractivity contribution in [3.05, 3.63) is 36.4 Å². The molecule has 0 unspecified atom stereocenters. The van der Waals surface area contributed by atoms with Crippen LogP contribution in [0.4, 0.5) is 5.69 Å². The number of thiocarbonyl (C=S) groups is 1. The number of hydrogen-bond donors (Lipinski definition) is 2. The Morgan fingerprint density at radius 1 is 1.50 bits per heavy atom. The summed E-state index contributed by atoms with van der Waals surface area (Å²) < 4.78 is 0. The third kappa shape index (κ3) is 6.87. The molecule has 0 aliphatic carbocycles. The molecule has 0 saturated carbocycles. The second kappa shape index (κ2) is 8.97. The number of rotatable bonds is 1. The summed E-state index contributed by atoms with van der Waals surface area (Å²) >= 11 is 4.69. The van der Waals surface area contributed by atoms with Crippen LogP contribution in [0.25, 0.3) is 0 Å². The van der Waals surface area contributed by atoms with Crippen LogP contribution in [-0.2, 0) is 0 Å². The van der Waals surface area contributed by atoms with Crippen LogP contribution < -0.4 is 40.6 Å². The third-order valence-electron chi connectivity index (χ3n) is 1.29. The van der Waals surface area contributed by atoms with Crippen molar-refractivity contribution in [1.82, 2.24) is 0 Å². The van der Waals surface area contributed by atoms with Gasteiger partial charge in [0, 0.05) is 5.69 Å². The summed E-state index contributed by atoms with van der Waals surface area (Å²) in [7, 11) is 0. The SMILES string of the molecule is Cc1cccc(NC(N)=S)c1.[C-]#N.[Na+]. The van der Waals surface area contributed by atoms with E-state index in [1.807, 2.05) is 31.2 Å². The van der Waals surface area contributed by atoms with Gasteiger partial charge in [-0.1, -0.05) is 12.1 Å². The number of anilines is 1. The Bertz CT molecular complexity index is 312. The largest absolute Gasteiger partial charge is 1.00 e. The summed E-state index contributed by atoms with van der Waals surface area (Å²) in [6.07, 6.45) is 0. The van der Waals surface area contributed by atoms with Crippen LogP contribution in [0.5, 0.6) is 0 Å². The van der Waals surface area contributed by atoms with Crippen molar-refractivity contribution in [1.29, 1.82) is 5.26 Å². The number of nitrogens with zero attached hydrogens (tertiary/aromatic N) is 1. The number of aryl methyl sites for hydroxylation is 1. The van der Waals surface area contributed by atoms with Crippen molar-refractivity contribution in [2.45, 2.75) is 6.92 Å². The fourth-order valence-corrected chi connectivity index (χ4v) is 0.983. The Labute approximate surface area is 112 Å². The van der Waals surface area contributed by atoms with E-state index in [2.05, 4.69) is 17.5 Å². The van der Waals surface area contributed by atoms with Gasteiger partial charge >= 0.3 is 29.6 Å². The first-order chi connectivity index (χ1) is 6.18. The first kappa shape index (κ1) is 15.9. The van der Waals surface area contributed by atoms with Gasteiger partial charge in [0.1, 0.15) is 0 Å². The van der Waals surface area contributed by atoms with Gasteiger partial charge < -0.3 is 22.9 Å². The molecule has 0 fully saturated rings. The normalized spacial score (nSPS) is 7.36. The zero-order valence-corrected chi connectivity index (χ0v) is 11.1. The molecule has 14 heavy (non-hydrogen) atoms. The zero-order chi connectivity index (χ0) is 10.3. The standard InChI is InChI=1S/C8H10N2S.CN.Na/c1-6-3-2-4-7(5-6)10-8(9)11;1-2;/h2-5H,1H3,(H3,9,10,11);;/q;-1;+1. The minimum absolute atomic E-state index is 0. The maximum atomic E-state index is 6.25. The molecule has 0 atom stereocenters. The second-order valence-corrected chi connectivity index (χ2v) is 2.80. The number of benzene rings is 1. The van der Waals surface area contributed by atoms with Crippen LogP contribution >= 0.6 is 12.2 Å². The first-order valence-electron chi connectivity index (χ1n) is 3.54. The summed E-state index contributed by atoms with van der Waals surface area (Å²) in [5, 5.41) is 9.41. The van der Waals surface area contributed by atoms with E-state index < -0.39 is 0 Å². The van der Waals surface area contributed by atoms with Gasteiger partial charge in [-0.25, -0.2) is 0 Å². The van der Waals surface area contributed by atoms with E-state index in [0.717, 1.165) is 5.69 Å². The molecular formula is C9H10N3NaS. The van der Waals surface area contributed by atoms with Crippen molar-refractivity contribution in [2.75, 3.05) is 5.32 Å². The average molecular weight is 215 g/mol. The molecule has 0 amide bonds. The molecule has 0 radical (unpaired) electrons. The van der Waals surface area contributed by atoms with Gasteiger partial charge in [-0.2, -0.15) is 0 Å². The molecule has 0 heterocycles. The Hall–Kier alpha value is -0.600. The third-order valence-corrected chi connectivity index (χ3v) is 1.39. The molecular weight excluding hydrogens is 205 g/mol. The maximum Gasteiger partial charge on any atom is 1.00 e. The monoisotopic (exact) mass is 215 g/mol. The van der Waals surface area contributed by atoms with Crippen LogP contribution in [0.2, 0.25) is 0 Å². The summed E-state index contributed by atoms with van der Waals surface area (Å²) in [4.78, 5) is 0. The van der Waals surface area contributed by atoms with Gasteiger partial charge in [0.25, 0.3) is 0 Å². The van der Waals surface area contributed by atoms with Crippen LogP contribution in [0, 0.1) is 18.8 Å². The fourth-order valence-electron chi connectivity index (χ4n) is 0.865. The van der Waals surface area contributed by atoms with Crippen LogP contribution in [0.15, 0.2) is 24.3 Å². The van der Waals surface area contributed by atoms with Gasteiger partial charge in [0.15, 0.2) is 5.11 Å². The van der Waals surface area contributed by atoms with Gasteiger partial charge in [-0.05, 0) is 36.8 Å². The average Bonchev–Trinajstić information content (AvgIpc) is 2.06. The molecule has 1 rings (SSSR count). The van der Waals surface area contributed by atoms with Gasteiger partial charge in [0.2, 0.25) is 0 Å². The topological polar surface area (TPSA) is 61.8 Å². The molecule has 0 spiro atoms. The van der Waals surface area contributed by atoms with Crippen molar-refractivity contribution >= 4 is 23.0 Å². The van der Waals surface area contributed by atoms with E-state index in [1.165, 1.54) is 5.56 Å². The van der Waals surface area contributed by atoms with Gasteiger partial charge in [-0.15, -0.1) is 0 Å². The Kier molecular flexibility index (Phi) is 10.2. The van der Waals surface area contributed by atoms with Crippen LogP contribution in [0.3, 0.4) is 0 Å². The molecule has 3 nitrogen and oxygen atoms in total. The van der Waals surface area contributed by atoms with E-state index in [4.69, 9.17) is 17.6 Å². The quantitative estimate of drug-likeness (QED) is 0.349. The molecule has 0 bridgehead atoms. The number of nitrogens with two attached hydrogens (primary N) is 1. The Balaban J connectivity index is 0. The van der Waals surface area contributed by atoms with Crippen LogP contribution in [-0.4, -0.2) is 5.11 Å². The molecule has 0 aromatic heterocycles. The molecule has 0 aliphatic heterocycles. The van der Waals surface area contributed by atoms with Crippen molar-refractivity contribution < 1.29 is 29.6 Å². The molecule has 3 N–H and O–H groups in total. The van der Waals surface area contributed by atoms with Gasteiger partial charge in [-0.3, -0.25) is 0 Å². The summed E-state index contributed by atoms with van der Waals surface area (Å²) in [6.45, 7) is 6.77. The molecule has 1 aromatic rings. The smallest absolute Gasteiger partial charge is 0.512 e. The molecule has 5 heteroatoms. The van der Waals surface area contributed by atoms with E-state index >= 15 is 0 Å². The minimum atomic E-state index is 0. The fraction of sp³-hybridized carbons (Fsp3) is 0.111. The number of hydrogen-bond acceptors (Lipinski definition) is 2. The van der Waals surface area contributed by atoms with E-state index in [1.54, 1.807) is 0 Å². The zero-order valence-electron chi connectivity index (χ0n) is 8.24. The van der Waals surface area contributed by atoms with Crippen molar-refractivity contribution in [3.63, 3.8) is 0 Å². The van der Waals surface area contributed by atoms with Crippen LogP contribution in [0.1, 0.15) is 5.56 Å². The van der Waals surface area contributed by atoms with Crippen molar-refractivity contribution in [3.8, 4) is 0 Å². The second-order valence-electron chi connectivity index (χ2n) is 2.36. The first-order valence-corrected chi connectivity index (χ1v) is 3.95. The predicted octanol–water partition coefficient (Wildman–Crippen LogP) is -1.25.